The Morgan fingerprint density at radius 2 is 1.85 bits per heavy atom. The quantitative estimate of drug-likeness (QED) is 0.749. The highest BCUT2D eigenvalue weighted by atomic mass is 16.3. The Morgan fingerprint density at radius 1 is 1.23 bits per heavy atom. The largest absolute Gasteiger partial charge is 0.390 e. The molecular weight excluding hydrogens is 160 g/mol. The van der Waals surface area contributed by atoms with Gasteiger partial charge in [-0.25, -0.2) is 0 Å². The van der Waals surface area contributed by atoms with Gasteiger partial charge in [0.2, 0.25) is 0 Å². The van der Waals surface area contributed by atoms with Crippen molar-refractivity contribution in [1.29, 1.82) is 0 Å². The predicted octanol–water partition coefficient (Wildman–Crippen LogP) is 2.32. The van der Waals surface area contributed by atoms with Crippen molar-refractivity contribution in [2.24, 2.45) is 0 Å². The summed E-state index contributed by atoms with van der Waals surface area (Å²) < 4.78 is 0. The van der Waals surface area contributed by atoms with Crippen molar-refractivity contribution in [3.63, 3.8) is 0 Å². The van der Waals surface area contributed by atoms with Crippen LogP contribution in [0.25, 0.3) is 0 Å². The molecule has 1 fully saturated rings. The van der Waals surface area contributed by atoms with Crippen LogP contribution in [-0.4, -0.2) is 10.7 Å². The van der Waals surface area contributed by atoms with Crippen molar-refractivity contribution in [3.8, 4) is 0 Å². The second kappa shape index (κ2) is 3.15. The molecule has 0 atom stereocenters. The van der Waals surface area contributed by atoms with E-state index in [0.717, 1.165) is 25.7 Å². The lowest BCUT2D eigenvalue weighted by Crippen LogP contribution is -2.12. The molecule has 13 heavy (non-hydrogen) atoms. The highest BCUT2D eigenvalue weighted by molar-refractivity contribution is 5.29. The summed E-state index contributed by atoms with van der Waals surface area (Å²) in [5.74, 6) is 0. The van der Waals surface area contributed by atoms with Crippen LogP contribution < -0.4 is 0 Å². The maximum absolute atomic E-state index is 9.80. The molecule has 0 aromatic heterocycles. The Kier molecular flexibility index (Phi) is 2.12. The highest BCUT2D eigenvalue weighted by Crippen LogP contribution is 2.38. The van der Waals surface area contributed by atoms with Crippen LogP contribution in [0, 0.1) is 0 Å². The van der Waals surface area contributed by atoms with Crippen LogP contribution in [0.15, 0.2) is 24.3 Å². The minimum Gasteiger partial charge on any atom is -0.390 e. The summed E-state index contributed by atoms with van der Waals surface area (Å²) >= 11 is 0. The first-order valence-corrected chi connectivity index (χ1v) is 5.03. The molecule has 1 saturated carbocycles. The third-order valence-electron chi connectivity index (χ3n) is 2.85. The van der Waals surface area contributed by atoms with E-state index in [4.69, 9.17) is 0 Å². The van der Waals surface area contributed by atoms with Crippen molar-refractivity contribution in [3.05, 3.63) is 35.4 Å². The second-order valence-corrected chi connectivity index (χ2v) is 4.02. The fraction of sp³-hybridized carbons (Fsp3) is 0.500. The van der Waals surface area contributed by atoms with E-state index in [-0.39, 0.29) is 5.60 Å². The molecular formula is C12H16O. The molecule has 70 valence electrons. The number of rotatable bonds is 3. The van der Waals surface area contributed by atoms with Gasteiger partial charge in [-0.05, 0) is 30.4 Å². The molecule has 0 bridgehead atoms. The third kappa shape index (κ3) is 1.92. The summed E-state index contributed by atoms with van der Waals surface area (Å²) in [7, 11) is 0. The molecule has 0 amide bonds. The summed E-state index contributed by atoms with van der Waals surface area (Å²) in [5.41, 5.74) is 2.35. The lowest BCUT2D eigenvalue weighted by molar-refractivity contribution is 0.150. The summed E-state index contributed by atoms with van der Waals surface area (Å²) in [6.07, 6.45) is 3.86. The Bertz CT molecular complexity index is 300. The lowest BCUT2D eigenvalue weighted by Gasteiger charge is -2.11. The van der Waals surface area contributed by atoms with E-state index in [1.807, 2.05) is 0 Å². The van der Waals surface area contributed by atoms with Crippen LogP contribution in [0.3, 0.4) is 0 Å². The van der Waals surface area contributed by atoms with Crippen LogP contribution in [-0.2, 0) is 12.8 Å². The van der Waals surface area contributed by atoms with E-state index in [1.165, 1.54) is 11.1 Å². The van der Waals surface area contributed by atoms with Gasteiger partial charge in [0.05, 0.1) is 5.60 Å². The maximum atomic E-state index is 9.80. The van der Waals surface area contributed by atoms with Gasteiger partial charge in [-0.2, -0.15) is 0 Å². The Hall–Kier alpha value is -0.820. The van der Waals surface area contributed by atoms with Crippen molar-refractivity contribution < 1.29 is 5.11 Å². The number of aryl methyl sites for hydroxylation is 1. The Balaban J connectivity index is 2.18. The average molecular weight is 176 g/mol. The zero-order chi connectivity index (χ0) is 9.31. The van der Waals surface area contributed by atoms with E-state index < -0.39 is 0 Å². The monoisotopic (exact) mass is 176 g/mol. The molecule has 1 N–H and O–H groups in total. The molecule has 1 aromatic carbocycles. The first-order valence-electron chi connectivity index (χ1n) is 5.03. The normalized spacial score (nSPS) is 18.6. The molecule has 1 aliphatic carbocycles. The molecule has 1 heteroatoms. The van der Waals surface area contributed by atoms with Gasteiger partial charge < -0.3 is 5.11 Å². The standard InChI is InChI=1S/C12H16O/c1-2-10-5-3-4-6-11(10)9-12(13)7-8-12/h3-6,13H,2,7-9H2,1H3. The zero-order valence-corrected chi connectivity index (χ0v) is 8.09. The number of hydrogen-bond acceptors (Lipinski definition) is 1. The van der Waals surface area contributed by atoms with Crippen LogP contribution in [0.2, 0.25) is 0 Å². The Morgan fingerprint density at radius 3 is 2.38 bits per heavy atom. The summed E-state index contributed by atoms with van der Waals surface area (Å²) in [6, 6.07) is 8.41. The maximum Gasteiger partial charge on any atom is 0.0690 e. The third-order valence-corrected chi connectivity index (χ3v) is 2.85. The SMILES string of the molecule is CCc1ccccc1CC1(O)CC1. The number of hydrogen-bond donors (Lipinski definition) is 1. The summed E-state index contributed by atoms with van der Waals surface area (Å²) in [4.78, 5) is 0. The van der Waals surface area contributed by atoms with E-state index in [0.29, 0.717) is 0 Å². The molecule has 0 aliphatic heterocycles. The molecule has 0 saturated heterocycles. The lowest BCUT2D eigenvalue weighted by atomic mass is 9.99. The zero-order valence-electron chi connectivity index (χ0n) is 8.09. The highest BCUT2D eigenvalue weighted by Gasteiger charge is 2.40. The molecule has 0 unspecified atom stereocenters. The van der Waals surface area contributed by atoms with Crippen molar-refractivity contribution >= 4 is 0 Å². The van der Waals surface area contributed by atoms with Gasteiger partial charge >= 0.3 is 0 Å². The van der Waals surface area contributed by atoms with Crippen LogP contribution in [0.4, 0.5) is 0 Å². The number of benzene rings is 1. The predicted molar refractivity (Wildman–Crippen MR) is 53.7 cm³/mol. The average Bonchev–Trinajstić information content (AvgIpc) is 2.84. The smallest absolute Gasteiger partial charge is 0.0690 e. The molecule has 0 heterocycles. The van der Waals surface area contributed by atoms with Gasteiger partial charge in [0.25, 0.3) is 0 Å². The minimum atomic E-state index is -0.356. The first kappa shape index (κ1) is 8.76. The molecule has 0 spiro atoms. The molecule has 2 rings (SSSR count). The number of aliphatic hydroxyl groups is 1. The summed E-state index contributed by atoms with van der Waals surface area (Å²) in [6.45, 7) is 2.16. The van der Waals surface area contributed by atoms with Crippen molar-refractivity contribution in [2.45, 2.75) is 38.2 Å². The van der Waals surface area contributed by atoms with Crippen LogP contribution in [0.5, 0.6) is 0 Å². The van der Waals surface area contributed by atoms with E-state index in [1.54, 1.807) is 0 Å². The molecule has 0 radical (unpaired) electrons. The van der Waals surface area contributed by atoms with Gasteiger partial charge in [-0.1, -0.05) is 31.2 Å². The van der Waals surface area contributed by atoms with Crippen LogP contribution in [0.1, 0.15) is 30.9 Å². The minimum absolute atomic E-state index is 0.356. The van der Waals surface area contributed by atoms with Gasteiger partial charge in [-0.15, -0.1) is 0 Å². The second-order valence-electron chi connectivity index (χ2n) is 4.02. The first-order chi connectivity index (χ1) is 6.23. The van der Waals surface area contributed by atoms with Gasteiger partial charge in [-0.3, -0.25) is 0 Å². The van der Waals surface area contributed by atoms with Gasteiger partial charge in [0.15, 0.2) is 0 Å². The van der Waals surface area contributed by atoms with Gasteiger partial charge in [0.1, 0.15) is 0 Å². The molecule has 1 aromatic rings. The van der Waals surface area contributed by atoms with E-state index >= 15 is 0 Å². The Labute approximate surface area is 79.4 Å². The van der Waals surface area contributed by atoms with Crippen molar-refractivity contribution in [2.75, 3.05) is 0 Å². The van der Waals surface area contributed by atoms with E-state index in [9.17, 15) is 5.11 Å². The van der Waals surface area contributed by atoms with Gasteiger partial charge in [0, 0.05) is 6.42 Å². The fourth-order valence-corrected chi connectivity index (χ4v) is 1.75. The topological polar surface area (TPSA) is 20.2 Å². The van der Waals surface area contributed by atoms with Crippen molar-refractivity contribution in [1.82, 2.24) is 0 Å². The van der Waals surface area contributed by atoms with Crippen LogP contribution >= 0.6 is 0 Å². The fourth-order valence-electron chi connectivity index (χ4n) is 1.75. The summed E-state index contributed by atoms with van der Waals surface area (Å²) in [5, 5.41) is 9.80. The molecule has 1 nitrogen and oxygen atoms in total. The molecule has 1 aliphatic rings. The van der Waals surface area contributed by atoms with E-state index in [2.05, 4.69) is 31.2 Å².